The summed E-state index contributed by atoms with van der Waals surface area (Å²) in [6.07, 6.45) is 11.9. The average molecular weight is 677 g/mol. The van der Waals surface area contributed by atoms with Gasteiger partial charge in [-0.25, -0.2) is 9.18 Å². The van der Waals surface area contributed by atoms with Gasteiger partial charge in [0, 0.05) is 54.4 Å². The van der Waals surface area contributed by atoms with E-state index in [4.69, 9.17) is 4.74 Å². The Morgan fingerprint density at radius 3 is 2.66 bits per heavy atom. The normalized spacial score (nSPS) is 19.5. The highest BCUT2D eigenvalue weighted by Crippen LogP contribution is 2.28. The van der Waals surface area contributed by atoms with Gasteiger partial charge < -0.3 is 20.3 Å². The van der Waals surface area contributed by atoms with E-state index in [1.807, 2.05) is 24.5 Å². The molecule has 0 unspecified atom stereocenters. The summed E-state index contributed by atoms with van der Waals surface area (Å²) in [4.78, 5) is 45.9. The number of benzene rings is 2. The number of aromatic nitrogens is 1. The molecule has 3 heterocycles. The number of nitrogens with zero attached hydrogens (tertiary/aromatic N) is 2. The topological polar surface area (TPSA) is 101 Å². The Morgan fingerprint density at radius 2 is 1.94 bits per heavy atom. The average Bonchev–Trinajstić information content (AvgIpc) is 3.54. The molecule has 248 valence electrons. The van der Waals surface area contributed by atoms with Gasteiger partial charge in [0.25, 0.3) is 5.91 Å². The molecule has 1 amide bonds. The fourth-order valence-electron chi connectivity index (χ4n) is 5.70. The monoisotopic (exact) mass is 676 g/mol. The van der Waals surface area contributed by atoms with Crippen molar-refractivity contribution >= 4 is 46.6 Å². The van der Waals surface area contributed by atoms with Gasteiger partial charge in [-0.1, -0.05) is 42.1 Å². The number of carbonyl (C=O) groups excluding carboxylic acids is 3. The lowest BCUT2D eigenvalue weighted by Gasteiger charge is -2.30. The first kappa shape index (κ1) is 34.8. The van der Waals surface area contributed by atoms with Crippen LogP contribution in [-0.2, 0) is 9.53 Å². The molecular formula is C36H41FN4O4S2. The summed E-state index contributed by atoms with van der Waals surface area (Å²) in [7, 11) is 2.05. The smallest absolute Gasteiger partial charge is 0.328 e. The third kappa shape index (κ3) is 9.99. The predicted octanol–water partition coefficient (Wildman–Crippen LogP) is 5.69. The number of hydrogen-bond acceptors (Lipinski definition) is 9. The maximum atomic E-state index is 13.9. The lowest BCUT2D eigenvalue weighted by molar-refractivity contribution is -0.153. The molecule has 3 atom stereocenters. The van der Waals surface area contributed by atoms with Crippen molar-refractivity contribution in [3.63, 3.8) is 0 Å². The van der Waals surface area contributed by atoms with Crippen LogP contribution in [0, 0.1) is 5.82 Å². The van der Waals surface area contributed by atoms with Crippen LogP contribution >= 0.6 is 23.5 Å². The second-order valence-corrected chi connectivity index (χ2v) is 14.2. The number of hydrogen-bond donors (Lipinski definition) is 2. The number of ether oxygens (including phenoxy) is 1. The molecule has 3 aromatic rings. The zero-order valence-electron chi connectivity index (χ0n) is 26.7. The van der Waals surface area contributed by atoms with Crippen molar-refractivity contribution < 1.29 is 23.5 Å². The molecule has 0 saturated carbocycles. The third-order valence-electron chi connectivity index (χ3n) is 8.41. The van der Waals surface area contributed by atoms with Crippen LogP contribution in [0.2, 0.25) is 0 Å². The van der Waals surface area contributed by atoms with E-state index >= 15 is 0 Å². The number of rotatable bonds is 12. The van der Waals surface area contributed by atoms with Crippen LogP contribution < -0.4 is 10.6 Å². The summed E-state index contributed by atoms with van der Waals surface area (Å²) in [5, 5.41) is 6.56. The van der Waals surface area contributed by atoms with Crippen molar-refractivity contribution in [3.05, 3.63) is 95.6 Å². The molecule has 2 aliphatic rings. The lowest BCUT2D eigenvalue weighted by Crippen LogP contribution is -2.45. The number of thioether (sulfide) groups is 2. The van der Waals surface area contributed by atoms with E-state index in [0.717, 1.165) is 37.9 Å². The SMILES string of the molecule is CSCC[C@H](NC(=O)c1ccc(/C=C/[C@@H]2C[C@H](SC(=O)c3cccnc3)CN2)cc1-c1ccc(F)cc1)C(=O)OC1CCN(C)CC1. The minimum atomic E-state index is -0.778. The Kier molecular flexibility index (Phi) is 12.6. The van der Waals surface area contributed by atoms with Gasteiger partial charge >= 0.3 is 5.97 Å². The van der Waals surface area contributed by atoms with Gasteiger partial charge in [0.2, 0.25) is 5.12 Å². The van der Waals surface area contributed by atoms with Gasteiger partial charge in [0.15, 0.2) is 0 Å². The summed E-state index contributed by atoms with van der Waals surface area (Å²) in [5.74, 6) is -0.477. The highest BCUT2D eigenvalue weighted by Gasteiger charge is 2.29. The van der Waals surface area contributed by atoms with E-state index in [1.54, 1.807) is 54.5 Å². The molecule has 11 heteroatoms. The number of carbonyl (C=O) groups is 3. The molecule has 0 bridgehead atoms. The van der Waals surface area contributed by atoms with Crippen LogP contribution in [0.5, 0.6) is 0 Å². The summed E-state index contributed by atoms with van der Waals surface area (Å²) in [5.41, 5.74) is 3.17. The first-order chi connectivity index (χ1) is 22.8. The molecule has 2 saturated heterocycles. The number of nitrogens with one attached hydrogen (secondary N) is 2. The number of piperidine rings is 1. The molecule has 2 N–H and O–H groups in total. The zero-order valence-corrected chi connectivity index (χ0v) is 28.3. The summed E-state index contributed by atoms with van der Waals surface area (Å²) >= 11 is 2.93. The molecule has 5 rings (SSSR count). The summed E-state index contributed by atoms with van der Waals surface area (Å²) in [6, 6.07) is 14.4. The number of halogens is 1. The standard InChI is InChI=1S/C36H41FN4O4S2/c1-41-17-13-29(14-18-41)45-35(43)33(15-19-46-2)40-34(42)31-12-6-24(20-32(31)25-7-9-27(37)10-8-25)5-11-28-21-30(23-39-28)47-36(44)26-4-3-16-38-22-26/h3-12,16,20,22,28-30,33,39H,13-15,17-19,21,23H2,1-2H3,(H,40,42)/b11-5+/t28-,30+,33+/m1/s1. The summed E-state index contributed by atoms with van der Waals surface area (Å²) in [6.45, 7) is 2.44. The molecular weight excluding hydrogens is 636 g/mol. The van der Waals surface area contributed by atoms with E-state index in [0.29, 0.717) is 41.0 Å². The minimum Gasteiger partial charge on any atom is -0.461 e. The lowest BCUT2D eigenvalue weighted by atomic mass is 9.96. The maximum absolute atomic E-state index is 13.9. The van der Waals surface area contributed by atoms with E-state index < -0.39 is 12.0 Å². The number of pyridine rings is 1. The van der Waals surface area contributed by atoms with Crippen molar-refractivity contribution in [2.24, 2.45) is 0 Å². The number of likely N-dealkylation sites (tertiary alicyclic amines) is 1. The van der Waals surface area contributed by atoms with Crippen molar-refractivity contribution in [1.29, 1.82) is 0 Å². The predicted molar refractivity (Wildman–Crippen MR) is 188 cm³/mol. The minimum absolute atomic E-state index is 0.0121. The molecule has 2 aromatic carbocycles. The molecule has 8 nitrogen and oxygen atoms in total. The van der Waals surface area contributed by atoms with Gasteiger partial charge in [0.05, 0.1) is 0 Å². The van der Waals surface area contributed by atoms with Crippen LogP contribution in [0.1, 0.15) is 52.0 Å². The maximum Gasteiger partial charge on any atom is 0.328 e. The molecule has 1 aromatic heterocycles. The Morgan fingerprint density at radius 1 is 1.15 bits per heavy atom. The quantitative estimate of drug-likeness (QED) is 0.234. The van der Waals surface area contributed by atoms with Crippen LogP contribution in [0.4, 0.5) is 4.39 Å². The Bertz CT molecular complexity index is 1550. The fourth-order valence-corrected chi connectivity index (χ4v) is 7.22. The van der Waals surface area contributed by atoms with Crippen LogP contribution in [0.15, 0.2) is 73.1 Å². The molecule has 0 spiro atoms. The fraction of sp³-hybridized carbons (Fsp3) is 0.389. The molecule has 0 aliphatic carbocycles. The molecule has 0 radical (unpaired) electrons. The largest absolute Gasteiger partial charge is 0.461 e. The first-order valence-electron chi connectivity index (χ1n) is 15.9. The number of amides is 1. The van der Waals surface area contributed by atoms with E-state index in [2.05, 4.69) is 33.6 Å². The Labute approximate surface area is 284 Å². The van der Waals surface area contributed by atoms with Crippen LogP contribution in [0.25, 0.3) is 17.2 Å². The van der Waals surface area contributed by atoms with Crippen molar-refractivity contribution in [1.82, 2.24) is 20.5 Å². The second kappa shape index (κ2) is 17.1. The molecule has 2 fully saturated rings. The van der Waals surface area contributed by atoms with Gasteiger partial charge in [0.1, 0.15) is 18.0 Å². The summed E-state index contributed by atoms with van der Waals surface area (Å²) < 4.78 is 19.7. The van der Waals surface area contributed by atoms with Crippen LogP contribution in [0.3, 0.4) is 0 Å². The highest BCUT2D eigenvalue weighted by atomic mass is 32.2. The van der Waals surface area contributed by atoms with Crippen molar-refractivity contribution in [2.45, 2.75) is 49.1 Å². The molecule has 2 aliphatic heterocycles. The van der Waals surface area contributed by atoms with Crippen molar-refractivity contribution in [3.8, 4) is 11.1 Å². The zero-order chi connectivity index (χ0) is 33.2. The van der Waals surface area contributed by atoms with E-state index in [-0.39, 0.29) is 34.2 Å². The Hall–Kier alpha value is -3.51. The van der Waals surface area contributed by atoms with Crippen molar-refractivity contribution in [2.75, 3.05) is 38.7 Å². The van der Waals surface area contributed by atoms with Gasteiger partial charge in [-0.2, -0.15) is 11.8 Å². The van der Waals surface area contributed by atoms with E-state index in [1.165, 1.54) is 23.9 Å². The van der Waals surface area contributed by atoms with Gasteiger partial charge in [-0.05, 0) is 97.8 Å². The Balaban J connectivity index is 1.29. The second-order valence-electron chi connectivity index (χ2n) is 11.9. The first-order valence-corrected chi connectivity index (χ1v) is 18.2. The number of esters is 1. The molecule has 47 heavy (non-hydrogen) atoms. The third-order valence-corrected chi connectivity index (χ3v) is 10.2. The highest BCUT2D eigenvalue weighted by molar-refractivity contribution is 8.14. The van der Waals surface area contributed by atoms with Gasteiger partial charge in [-0.3, -0.25) is 14.6 Å². The van der Waals surface area contributed by atoms with E-state index in [9.17, 15) is 18.8 Å². The van der Waals surface area contributed by atoms with Gasteiger partial charge in [-0.15, -0.1) is 0 Å². The van der Waals surface area contributed by atoms with Crippen LogP contribution in [-0.4, -0.2) is 89.0 Å².